The van der Waals surface area contributed by atoms with E-state index in [1.165, 1.54) is 6.07 Å². The predicted molar refractivity (Wildman–Crippen MR) is 101 cm³/mol. The molecule has 28 heavy (non-hydrogen) atoms. The van der Waals surface area contributed by atoms with Crippen LogP contribution < -0.4 is 16.3 Å². The van der Waals surface area contributed by atoms with Crippen molar-refractivity contribution in [2.45, 2.75) is 52.2 Å². The third-order valence-corrected chi connectivity index (χ3v) is 4.72. The number of aryl methyl sites for hydroxylation is 1. The lowest BCUT2D eigenvalue weighted by atomic mass is 9.95. The van der Waals surface area contributed by atoms with Gasteiger partial charge in [-0.05, 0) is 42.5 Å². The molecule has 3 rings (SSSR count). The Morgan fingerprint density at radius 1 is 1.21 bits per heavy atom. The van der Waals surface area contributed by atoms with Gasteiger partial charge in [-0.3, -0.25) is 14.9 Å². The van der Waals surface area contributed by atoms with Gasteiger partial charge in [-0.1, -0.05) is 13.8 Å². The smallest absolute Gasteiger partial charge is 0.336 e. The molecule has 0 unspecified atom stereocenters. The summed E-state index contributed by atoms with van der Waals surface area (Å²) < 4.78 is 10.6. The molecule has 1 fully saturated rings. The number of rotatable bonds is 6. The van der Waals surface area contributed by atoms with E-state index in [4.69, 9.17) is 9.15 Å². The number of urea groups is 1. The lowest BCUT2D eigenvalue weighted by Gasteiger charge is -2.13. The van der Waals surface area contributed by atoms with Crippen molar-refractivity contribution < 1.29 is 23.5 Å². The monoisotopic (exact) mass is 386 g/mol. The number of hydrogen-bond donors (Lipinski definition) is 2. The van der Waals surface area contributed by atoms with Gasteiger partial charge in [0, 0.05) is 23.4 Å². The summed E-state index contributed by atoms with van der Waals surface area (Å²) in [4.78, 5) is 46.5. The van der Waals surface area contributed by atoms with Gasteiger partial charge in [0.15, 0.2) is 0 Å². The quantitative estimate of drug-likeness (QED) is 0.447. The number of imide groups is 1. The lowest BCUT2D eigenvalue weighted by Crippen LogP contribution is -2.29. The molecule has 1 atom stereocenters. The first-order chi connectivity index (χ1) is 13.2. The van der Waals surface area contributed by atoms with Gasteiger partial charge in [0.1, 0.15) is 18.2 Å². The number of carbonyl (C=O) groups excluding carboxylic acids is 3. The molecule has 0 saturated carbocycles. The van der Waals surface area contributed by atoms with Gasteiger partial charge >= 0.3 is 17.6 Å². The molecular weight excluding hydrogens is 364 g/mol. The fourth-order valence-corrected chi connectivity index (χ4v) is 3.29. The summed E-state index contributed by atoms with van der Waals surface area (Å²) in [5.41, 5.74) is 2.65. The molecule has 0 radical (unpaired) electrons. The van der Waals surface area contributed by atoms with Gasteiger partial charge in [-0.25, -0.2) is 9.59 Å². The highest BCUT2D eigenvalue weighted by Crippen LogP contribution is 2.27. The maximum atomic E-state index is 12.0. The normalized spacial score (nSPS) is 16.4. The molecule has 2 heterocycles. The van der Waals surface area contributed by atoms with E-state index in [9.17, 15) is 19.2 Å². The van der Waals surface area contributed by atoms with E-state index in [1.807, 2.05) is 19.1 Å². The first kappa shape index (κ1) is 19.6. The van der Waals surface area contributed by atoms with Crippen LogP contribution in [0.1, 0.15) is 49.3 Å². The van der Waals surface area contributed by atoms with Crippen LogP contribution in [0, 0.1) is 6.92 Å². The largest absolute Gasteiger partial charge is 0.461 e. The zero-order valence-corrected chi connectivity index (χ0v) is 16.0. The van der Waals surface area contributed by atoms with Crippen LogP contribution in [0.3, 0.4) is 0 Å². The van der Waals surface area contributed by atoms with Crippen LogP contribution in [0.2, 0.25) is 0 Å². The maximum absolute atomic E-state index is 12.0. The molecule has 2 aromatic rings. The number of carbonyl (C=O) groups is 3. The maximum Gasteiger partial charge on any atom is 0.336 e. The summed E-state index contributed by atoms with van der Waals surface area (Å²) in [6.07, 6.45) is 0.110. The van der Waals surface area contributed by atoms with Gasteiger partial charge in [0.05, 0.1) is 0 Å². The summed E-state index contributed by atoms with van der Waals surface area (Å²) in [6, 6.07) is 3.79. The number of nitrogens with one attached hydrogen (secondary N) is 2. The van der Waals surface area contributed by atoms with E-state index >= 15 is 0 Å². The Bertz CT molecular complexity index is 1010. The fraction of sp³-hybridized carbons (Fsp3) is 0.400. The van der Waals surface area contributed by atoms with E-state index < -0.39 is 29.6 Å². The number of fused-ring (bicyclic) bond motifs is 1. The number of hydrogen-bond acceptors (Lipinski definition) is 6. The number of benzene rings is 1. The van der Waals surface area contributed by atoms with E-state index in [0.29, 0.717) is 17.1 Å². The van der Waals surface area contributed by atoms with E-state index in [2.05, 4.69) is 24.5 Å². The van der Waals surface area contributed by atoms with Gasteiger partial charge in [0.25, 0.3) is 5.91 Å². The van der Waals surface area contributed by atoms with Crippen molar-refractivity contribution in [1.29, 1.82) is 0 Å². The second-order valence-electron chi connectivity index (χ2n) is 7.16. The molecule has 2 N–H and O–H groups in total. The predicted octanol–water partition coefficient (Wildman–Crippen LogP) is 2.26. The summed E-state index contributed by atoms with van der Waals surface area (Å²) in [7, 11) is 0. The lowest BCUT2D eigenvalue weighted by molar-refractivity contribution is -0.145. The van der Waals surface area contributed by atoms with Crippen LogP contribution in [0.15, 0.2) is 27.4 Å². The van der Waals surface area contributed by atoms with Crippen molar-refractivity contribution in [3.05, 3.63) is 45.3 Å². The fourth-order valence-electron chi connectivity index (χ4n) is 3.29. The summed E-state index contributed by atoms with van der Waals surface area (Å²) in [5, 5.41) is 5.26. The minimum Gasteiger partial charge on any atom is -0.461 e. The molecule has 0 aliphatic carbocycles. The molecule has 1 aromatic heterocycles. The molecule has 1 aliphatic rings. The molecule has 8 heteroatoms. The Hall–Kier alpha value is -3.16. The highest BCUT2D eigenvalue weighted by molar-refractivity contribution is 6.04. The van der Waals surface area contributed by atoms with E-state index in [1.54, 1.807) is 0 Å². The molecular formula is C20H22N2O6. The van der Waals surface area contributed by atoms with Gasteiger partial charge < -0.3 is 14.5 Å². The van der Waals surface area contributed by atoms with Gasteiger partial charge in [0.2, 0.25) is 0 Å². The van der Waals surface area contributed by atoms with Crippen molar-refractivity contribution in [3.8, 4) is 0 Å². The number of amides is 3. The van der Waals surface area contributed by atoms with Crippen molar-refractivity contribution in [2.75, 3.05) is 0 Å². The Morgan fingerprint density at radius 3 is 2.61 bits per heavy atom. The molecule has 1 aromatic carbocycles. The van der Waals surface area contributed by atoms with Crippen LogP contribution >= 0.6 is 0 Å². The summed E-state index contributed by atoms with van der Waals surface area (Å²) in [5.74, 6) is -0.688. The molecule has 0 bridgehead atoms. The minimum absolute atomic E-state index is 0.0336. The molecule has 1 aliphatic heterocycles. The zero-order chi connectivity index (χ0) is 20.4. The van der Waals surface area contributed by atoms with Crippen LogP contribution in [0.25, 0.3) is 11.0 Å². The molecule has 3 amide bonds. The highest BCUT2D eigenvalue weighted by atomic mass is 16.5. The summed E-state index contributed by atoms with van der Waals surface area (Å²) >= 11 is 0. The van der Waals surface area contributed by atoms with E-state index in [0.717, 1.165) is 16.5 Å². The molecule has 148 valence electrons. The van der Waals surface area contributed by atoms with Crippen molar-refractivity contribution in [2.24, 2.45) is 0 Å². The Kier molecular flexibility index (Phi) is 5.48. The first-order valence-electron chi connectivity index (χ1n) is 9.09. The van der Waals surface area contributed by atoms with Crippen LogP contribution in [-0.2, 0) is 20.9 Å². The molecule has 1 saturated heterocycles. The van der Waals surface area contributed by atoms with Crippen molar-refractivity contribution in [1.82, 2.24) is 10.6 Å². The van der Waals surface area contributed by atoms with Crippen molar-refractivity contribution in [3.63, 3.8) is 0 Å². The average Bonchev–Trinajstić information content (AvgIpc) is 2.94. The van der Waals surface area contributed by atoms with Crippen LogP contribution in [-0.4, -0.2) is 23.9 Å². The Labute approximate surface area is 161 Å². The number of ether oxygens (including phenoxy) is 1. The first-order valence-corrected chi connectivity index (χ1v) is 9.09. The highest BCUT2D eigenvalue weighted by Gasteiger charge is 2.29. The second-order valence-corrected chi connectivity index (χ2v) is 7.16. The van der Waals surface area contributed by atoms with Crippen LogP contribution in [0.4, 0.5) is 4.79 Å². The number of esters is 1. The minimum atomic E-state index is -0.735. The van der Waals surface area contributed by atoms with Gasteiger partial charge in [-0.2, -0.15) is 0 Å². The third-order valence-electron chi connectivity index (χ3n) is 4.72. The van der Waals surface area contributed by atoms with Crippen LogP contribution in [0.5, 0.6) is 0 Å². The van der Waals surface area contributed by atoms with Gasteiger partial charge in [-0.15, -0.1) is 0 Å². The third kappa shape index (κ3) is 4.21. The second kappa shape index (κ2) is 7.84. The standard InChI is InChI=1S/C20H22N2O6/c1-10(2)13-8-14-12(7-18(24)28-16(14)6-11(13)3)9-27-17(23)5-4-15-19(25)22-20(26)21-15/h6-8,10,15H,4-5,9H2,1-3H3,(H2,21,22,25,26)/t15-/m1/s1. The SMILES string of the molecule is Cc1cc2oc(=O)cc(COC(=O)CC[C@H]3NC(=O)NC3=O)c2cc1C(C)C. The zero-order valence-electron chi connectivity index (χ0n) is 16.0. The summed E-state index contributed by atoms with van der Waals surface area (Å²) in [6.45, 7) is 6.03. The Balaban J connectivity index is 1.72. The topological polar surface area (TPSA) is 115 Å². The van der Waals surface area contributed by atoms with Crippen molar-refractivity contribution >= 4 is 28.9 Å². The molecule has 8 nitrogen and oxygen atoms in total. The Morgan fingerprint density at radius 2 is 1.96 bits per heavy atom. The van der Waals surface area contributed by atoms with E-state index in [-0.39, 0.29) is 19.4 Å². The molecule has 0 spiro atoms. The average molecular weight is 386 g/mol.